The van der Waals surface area contributed by atoms with E-state index in [9.17, 15) is 0 Å². The molecule has 0 saturated heterocycles. The second-order valence-corrected chi connectivity index (χ2v) is 4.74. The number of allylic oxidation sites excluding steroid dienone is 4. The zero-order chi connectivity index (χ0) is 11.6. The first kappa shape index (κ1) is 16.6. The van der Waals surface area contributed by atoms with E-state index in [1.54, 1.807) is 5.57 Å². The highest BCUT2D eigenvalue weighted by Gasteiger charge is 2.06. The quantitative estimate of drug-likeness (QED) is 0.441. The fourth-order valence-corrected chi connectivity index (χ4v) is 1.61. The van der Waals surface area contributed by atoms with Gasteiger partial charge in [-0.25, -0.2) is 0 Å². The molecule has 0 radical (unpaired) electrons. The van der Waals surface area contributed by atoms with Crippen LogP contribution in [0.25, 0.3) is 0 Å². The normalized spacial score (nSPS) is 16.2. The summed E-state index contributed by atoms with van der Waals surface area (Å²) in [5.74, 6) is 0. The Balaban J connectivity index is 0. The van der Waals surface area contributed by atoms with Gasteiger partial charge >= 0.3 is 0 Å². The van der Waals surface area contributed by atoms with Gasteiger partial charge in [0.25, 0.3) is 0 Å². The Morgan fingerprint density at radius 2 is 1.57 bits per heavy atom. The van der Waals surface area contributed by atoms with Crippen molar-refractivity contribution in [2.45, 2.75) is 58.3 Å². The molecule has 0 aromatic rings. The van der Waals surface area contributed by atoms with Crippen molar-refractivity contribution in [3.05, 3.63) is 23.3 Å². The topological polar surface area (TPSA) is 0 Å². The number of rotatable bonds is 1. The molecule has 1 aliphatic carbocycles. The summed E-state index contributed by atoms with van der Waals surface area (Å²) in [4.78, 5) is 0. The third kappa shape index (κ3) is 7.60. The molecule has 0 aliphatic heterocycles. The van der Waals surface area contributed by atoms with Gasteiger partial charge in [0.05, 0.1) is 0 Å². The van der Waals surface area contributed by atoms with E-state index >= 15 is 0 Å². The van der Waals surface area contributed by atoms with Gasteiger partial charge in [0.15, 0.2) is 0 Å². The van der Waals surface area contributed by atoms with Crippen molar-refractivity contribution in [3.8, 4) is 0 Å². The predicted octanol–water partition coefficient (Wildman–Crippen LogP) is 5.53. The first-order valence-electron chi connectivity index (χ1n) is 5.70. The van der Waals surface area contributed by atoms with Gasteiger partial charge in [-0.3, -0.25) is 0 Å². The maximum Gasteiger partial charge on any atom is 0.0293 e. The van der Waals surface area contributed by atoms with Crippen LogP contribution in [0.3, 0.4) is 0 Å². The Bertz CT molecular complexity index is 176. The van der Waals surface area contributed by atoms with E-state index in [1.807, 2.05) is 27.7 Å². The zero-order valence-electron chi connectivity index (χ0n) is 10.5. The van der Waals surface area contributed by atoms with Gasteiger partial charge in [-0.1, -0.05) is 73.6 Å². The van der Waals surface area contributed by atoms with Crippen LogP contribution >= 0.6 is 22.6 Å². The first-order chi connectivity index (χ1) is 6.70. The summed E-state index contributed by atoms with van der Waals surface area (Å²) in [6.07, 6.45) is 7.05. The second-order valence-electron chi connectivity index (χ2n) is 2.87. The molecule has 0 fully saturated rings. The molecule has 14 heavy (non-hydrogen) atoms. The number of halogens is 1. The SMILES string of the molecule is CC.CC.CC1=CC=C(C(C)I)CC1. The van der Waals surface area contributed by atoms with Gasteiger partial charge in [0.1, 0.15) is 0 Å². The molecule has 0 aromatic carbocycles. The number of hydrogen-bond donors (Lipinski definition) is 0. The molecule has 1 rings (SSSR count). The standard InChI is InChI=1S/C9H13I.2C2H6/c1-7-3-5-9(6-4-7)8(2)10;2*1-2/h3,5,8H,4,6H2,1-2H3;2*1-2H3. The van der Waals surface area contributed by atoms with Gasteiger partial charge in [-0.15, -0.1) is 0 Å². The molecule has 0 N–H and O–H groups in total. The van der Waals surface area contributed by atoms with Crippen LogP contribution in [0.15, 0.2) is 23.3 Å². The second kappa shape index (κ2) is 11.3. The maximum absolute atomic E-state index is 2.47. The Hall–Kier alpha value is 0.210. The number of alkyl halides is 1. The Morgan fingerprint density at radius 1 is 1.07 bits per heavy atom. The Morgan fingerprint density at radius 3 is 1.86 bits per heavy atom. The van der Waals surface area contributed by atoms with E-state index in [0.29, 0.717) is 3.92 Å². The maximum atomic E-state index is 2.47. The van der Waals surface area contributed by atoms with Gasteiger partial charge < -0.3 is 0 Å². The molecule has 0 heterocycles. The minimum absolute atomic E-state index is 0.710. The lowest BCUT2D eigenvalue weighted by molar-refractivity contribution is 0.875. The highest BCUT2D eigenvalue weighted by atomic mass is 127. The average molecular weight is 308 g/mol. The molecule has 84 valence electrons. The van der Waals surface area contributed by atoms with Crippen molar-refractivity contribution in [2.24, 2.45) is 0 Å². The zero-order valence-corrected chi connectivity index (χ0v) is 12.7. The van der Waals surface area contributed by atoms with Gasteiger partial charge in [-0.05, 0) is 26.7 Å². The molecular formula is C13H25I. The van der Waals surface area contributed by atoms with E-state index in [1.165, 1.54) is 18.4 Å². The lowest BCUT2D eigenvalue weighted by Crippen LogP contribution is -1.99. The van der Waals surface area contributed by atoms with Crippen LogP contribution in [0.1, 0.15) is 54.4 Å². The number of hydrogen-bond acceptors (Lipinski definition) is 0. The minimum atomic E-state index is 0.710. The fraction of sp³-hybridized carbons (Fsp3) is 0.692. The van der Waals surface area contributed by atoms with Crippen LogP contribution in [-0.4, -0.2) is 3.92 Å². The summed E-state index contributed by atoms with van der Waals surface area (Å²) in [6.45, 7) is 12.5. The van der Waals surface area contributed by atoms with Crippen molar-refractivity contribution in [1.82, 2.24) is 0 Å². The van der Waals surface area contributed by atoms with E-state index in [4.69, 9.17) is 0 Å². The van der Waals surface area contributed by atoms with E-state index in [-0.39, 0.29) is 0 Å². The third-order valence-electron chi connectivity index (χ3n) is 1.90. The molecule has 0 nitrogen and oxygen atoms in total. The van der Waals surface area contributed by atoms with Crippen LogP contribution in [0.4, 0.5) is 0 Å². The van der Waals surface area contributed by atoms with Crippen molar-refractivity contribution in [1.29, 1.82) is 0 Å². The van der Waals surface area contributed by atoms with E-state index in [0.717, 1.165) is 0 Å². The first-order valence-corrected chi connectivity index (χ1v) is 6.95. The van der Waals surface area contributed by atoms with Crippen molar-refractivity contribution < 1.29 is 0 Å². The molecule has 0 aromatic heterocycles. The average Bonchev–Trinajstić information content (AvgIpc) is 2.24. The molecule has 1 aliphatic rings. The van der Waals surface area contributed by atoms with E-state index in [2.05, 4.69) is 48.6 Å². The molecule has 0 saturated carbocycles. The van der Waals surface area contributed by atoms with Crippen molar-refractivity contribution >= 4 is 22.6 Å². The van der Waals surface area contributed by atoms with Crippen molar-refractivity contribution in [2.75, 3.05) is 0 Å². The molecule has 1 unspecified atom stereocenters. The third-order valence-corrected chi connectivity index (χ3v) is 2.70. The van der Waals surface area contributed by atoms with Crippen LogP contribution in [0, 0.1) is 0 Å². The molecule has 0 bridgehead atoms. The largest absolute Gasteiger partial charge is 0.0781 e. The summed E-state index contributed by atoms with van der Waals surface area (Å²) < 4.78 is 0.710. The Labute approximate surface area is 104 Å². The smallest absolute Gasteiger partial charge is 0.0293 e. The minimum Gasteiger partial charge on any atom is -0.0781 e. The Kier molecular flexibility index (Phi) is 13.4. The lowest BCUT2D eigenvalue weighted by atomic mass is 9.98. The van der Waals surface area contributed by atoms with Gasteiger partial charge in [0.2, 0.25) is 0 Å². The van der Waals surface area contributed by atoms with Crippen LogP contribution in [0.5, 0.6) is 0 Å². The molecule has 0 spiro atoms. The summed E-state index contributed by atoms with van der Waals surface area (Å²) in [7, 11) is 0. The summed E-state index contributed by atoms with van der Waals surface area (Å²) in [5, 5.41) is 0. The summed E-state index contributed by atoms with van der Waals surface area (Å²) in [6, 6.07) is 0. The predicted molar refractivity (Wildman–Crippen MR) is 77.3 cm³/mol. The lowest BCUT2D eigenvalue weighted by Gasteiger charge is -2.13. The molecule has 1 heteroatoms. The van der Waals surface area contributed by atoms with Gasteiger partial charge in [-0.2, -0.15) is 0 Å². The monoisotopic (exact) mass is 308 g/mol. The molecular weight excluding hydrogens is 283 g/mol. The van der Waals surface area contributed by atoms with Gasteiger partial charge in [0, 0.05) is 3.92 Å². The highest BCUT2D eigenvalue weighted by molar-refractivity contribution is 14.1. The van der Waals surface area contributed by atoms with Crippen LogP contribution in [-0.2, 0) is 0 Å². The van der Waals surface area contributed by atoms with E-state index < -0.39 is 0 Å². The van der Waals surface area contributed by atoms with Crippen molar-refractivity contribution in [3.63, 3.8) is 0 Å². The van der Waals surface area contributed by atoms with Crippen LogP contribution < -0.4 is 0 Å². The fourth-order valence-electron chi connectivity index (χ4n) is 1.09. The summed E-state index contributed by atoms with van der Waals surface area (Å²) >= 11 is 2.47. The van der Waals surface area contributed by atoms with Crippen LogP contribution in [0.2, 0.25) is 0 Å². The molecule has 1 atom stereocenters. The highest BCUT2D eigenvalue weighted by Crippen LogP contribution is 2.23. The summed E-state index contributed by atoms with van der Waals surface area (Å²) in [5.41, 5.74) is 3.10. The molecule has 0 amide bonds.